The Balaban J connectivity index is 1.35. The number of rotatable bonds is 5. The minimum absolute atomic E-state index is 0.823. The summed E-state index contributed by atoms with van der Waals surface area (Å²) in [6.07, 6.45) is 8.10. The number of aryl methyl sites for hydroxylation is 1. The number of hydrogen-bond acceptors (Lipinski definition) is 2. The van der Waals surface area contributed by atoms with Crippen molar-refractivity contribution in [1.29, 1.82) is 0 Å². The van der Waals surface area contributed by atoms with E-state index >= 15 is 0 Å². The Kier molecular flexibility index (Phi) is 5.10. The summed E-state index contributed by atoms with van der Waals surface area (Å²) >= 11 is 0. The van der Waals surface area contributed by atoms with Crippen molar-refractivity contribution in [2.75, 3.05) is 26.2 Å². The largest absolute Gasteiger partial charge is 0.314 e. The summed E-state index contributed by atoms with van der Waals surface area (Å²) in [7, 11) is 0. The van der Waals surface area contributed by atoms with E-state index in [1.165, 1.54) is 70.3 Å². The van der Waals surface area contributed by atoms with Crippen molar-refractivity contribution in [1.82, 2.24) is 10.2 Å². The van der Waals surface area contributed by atoms with Gasteiger partial charge in [0.2, 0.25) is 0 Å². The first-order valence-corrected chi connectivity index (χ1v) is 8.41. The molecule has 0 spiro atoms. The average Bonchev–Trinajstić information content (AvgIpc) is 2.52. The Morgan fingerprint density at radius 3 is 2.90 bits per heavy atom. The van der Waals surface area contributed by atoms with Gasteiger partial charge < -0.3 is 10.2 Å². The van der Waals surface area contributed by atoms with Gasteiger partial charge in [-0.1, -0.05) is 30.3 Å². The molecular formula is C18H28N2. The van der Waals surface area contributed by atoms with Crippen molar-refractivity contribution in [3.8, 4) is 0 Å². The van der Waals surface area contributed by atoms with Crippen LogP contribution in [0.15, 0.2) is 30.3 Å². The third-order valence-electron chi connectivity index (χ3n) is 5.01. The van der Waals surface area contributed by atoms with Crippen LogP contribution in [0, 0.1) is 5.92 Å². The molecule has 2 saturated heterocycles. The second-order valence-electron chi connectivity index (χ2n) is 6.49. The van der Waals surface area contributed by atoms with Gasteiger partial charge in [0.1, 0.15) is 0 Å². The number of fused-ring (bicyclic) bond motifs is 1. The highest BCUT2D eigenvalue weighted by atomic mass is 15.1. The van der Waals surface area contributed by atoms with E-state index in [-0.39, 0.29) is 0 Å². The van der Waals surface area contributed by atoms with E-state index in [1.54, 1.807) is 0 Å². The molecule has 3 rings (SSSR count). The summed E-state index contributed by atoms with van der Waals surface area (Å²) in [6.45, 7) is 5.19. The molecule has 1 aromatic rings. The lowest BCUT2D eigenvalue weighted by Crippen LogP contribution is -2.52. The Hall–Kier alpha value is -0.860. The average molecular weight is 272 g/mol. The highest BCUT2D eigenvalue weighted by Gasteiger charge is 2.30. The van der Waals surface area contributed by atoms with E-state index in [1.807, 2.05) is 0 Å². The lowest BCUT2D eigenvalue weighted by Gasteiger charge is -2.41. The highest BCUT2D eigenvalue weighted by molar-refractivity contribution is 5.14. The first-order chi connectivity index (χ1) is 9.92. The summed E-state index contributed by atoms with van der Waals surface area (Å²) in [5.41, 5.74) is 1.49. The van der Waals surface area contributed by atoms with Crippen LogP contribution in [0.3, 0.4) is 0 Å². The van der Waals surface area contributed by atoms with Crippen molar-refractivity contribution >= 4 is 0 Å². The van der Waals surface area contributed by atoms with E-state index in [0.717, 1.165) is 12.0 Å². The Morgan fingerprint density at radius 1 is 1.10 bits per heavy atom. The maximum Gasteiger partial charge on any atom is 0.0120 e. The molecule has 0 saturated carbocycles. The smallest absolute Gasteiger partial charge is 0.0120 e. The number of unbranched alkanes of at least 4 members (excludes halogenated alkanes) is 1. The van der Waals surface area contributed by atoms with E-state index in [0.29, 0.717) is 0 Å². The molecule has 20 heavy (non-hydrogen) atoms. The number of hydrogen-bond donors (Lipinski definition) is 1. The fourth-order valence-corrected chi connectivity index (χ4v) is 3.83. The van der Waals surface area contributed by atoms with Gasteiger partial charge >= 0.3 is 0 Å². The molecule has 0 amide bonds. The fourth-order valence-electron chi connectivity index (χ4n) is 3.83. The van der Waals surface area contributed by atoms with Crippen LogP contribution >= 0.6 is 0 Å². The Morgan fingerprint density at radius 2 is 2.00 bits per heavy atom. The lowest BCUT2D eigenvalue weighted by atomic mass is 9.85. The number of piperidine rings is 2. The Labute approximate surface area is 123 Å². The maximum absolute atomic E-state index is 3.70. The van der Waals surface area contributed by atoms with E-state index in [2.05, 4.69) is 40.5 Å². The van der Waals surface area contributed by atoms with Gasteiger partial charge in [0.15, 0.2) is 0 Å². The second kappa shape index (κ2) is 7.24. The highest BCUT2D eigenvalue weighted by Crippen LogP contribution is 2.24. The fraction of sp³-hybridized carbons (Fsp3) is 0.667. The lowest BCUT2D eigenvalue weighted by molar-refractivity contribution is 0.113. The monoisotopic (exact) mass is 272 g/mol. The summed E-state index contributed by atoms with van der Waals surface area (Å²) < 4.78 is 0. The molecule has 2 heteroatoms. The van der Waals surface area contributed by atoms with Gasteiger partial charge in [-0.3, -0.25) is 0 Å². The van der Waals surface area contributed by atoms with Crippen molar-refractivity contribution < 1.29 is 0 Å². The molecule has 2 nitrogen and oxygen atoms in total. The maximum atomic E-state index is 3.70. The zero-order valence-electron chi connectivity index (χ0n) is 12.6. The van der Waals surface area contributed by atoms with Gasteiger partial charge in [0.05, 0.1) is 0 Å². The molecule has 2 aliphatic heterocycles. The number of nitrogens with zero attached hydrogens (tertiary/aromatic N) is 1. The standard InChI is InChI=1S/C18H28N2/c1-2-7-16(8-3-1)9-4-5-13-20-14-11-18-17(15-20)10-6-12-19-18/h1-3,7-8,17-19H,4-6,9-15H2. The predicted octanol–water partition coefficient (Wildman–Crippen LogP) is 3.08. The number of likely N-dealkylation sites (tertiary alicyclic amines) is 1. The molecule has 0 aromatic heterocycles. The minimum atomic E-state index is 0.823. The molecule has 0 radical (unpaired) electrons. The van der Waals surface area contributed by atoms with Gasteiger partial charge in [-0.25, -0.2) is 0 Å². The van der Waals surface area contributed by atoms with E-state index in [9.17, 15) is 0 Å². The van der Waals surface area contributed by atoms with Crippen molar-refractivity contribution in [3.63, 3.8) is 0 Å². The van der Waals surface area contributed by atoms with E-state index < -0.39 is 0 Å². The number of nitrogens with one attached hydrogen (secondary N) is 1. The molecule has 2 heterocycles. The van der Waals surface area contributed by atoms with Crippen LogP contribution in [0.4, 0.5) is 0 Å². The van der Waals surface area contributed by atoms with Gasteiger partial charge in [0, 0.05) is 12.6 Å². The summed E-state index contributed by atoms with van der Waals surface area (Å²) in [5, 5.41) is 3.70. The molecular weight excluding hydrogens is 244 g/mol. The summed E-state index contributed by atoms with van der Waals surface area (Å²) in [4.78, 5) is 2.71. The van der Waals surface area contributed by atoms with Crippen LogP contribution in [0.1, 0.15) is 37.7 Å². The molecule has 2 atom stereocenters. The summed E-state index contributed by atoms with van der Waals surface area (Å²) in [6, 6.07) is 11.7. The van der Waals surface area contributed by atoms with Gasteiger partial charge in [-0.05, 0) is 69.6 Å². The molecule has 2 aliphatic rings. The summed E-state index contributed by atoms with van der Waals surface area (Å²) in [5.74, 6) is 0.923. The normalized spacial score (nSPS) is 27.2. The molecule has 0 bridgehead atoms. The zero-order chi connectivity index (χ0) is 13.6. The minimum Gasteiger partial charge on any atom is -0.314 e. The Bertz CT molecular complexity index is 390. The van der Waals surface area contributed by atoms with Crippen LogP contribution in [0.5, 0.6) is 0 Å². The second-order valence-corrected chi connectivity index (χ2v) is 6.49. The van der Waals surface area contributed by atoms with Crippen molar-refractivity contribution in [2.24, 2.45) is 5.92 Å². The number of benzene rings is 1. The van der Waals surface area contributed by atoms with Crippen LogP contribution in [-0.4, -0.2) is 37.1 Å². The molecule has 110 valence electrons. The first kappa shape index (κ1) is 14.1. The van der Waals surface area contributed by atoms with E-state index in [4.69, 9.17) is 0 Å². The molecule has 1 N–H and O–H groups in total. The van der Waals surface area contributed by atoms with Crippen LogP contribution < -0.4 is 5.32 Å². The van der Waals surface area contributed by atoms with Crippen LogP contribution in [0.2, 0.25) is 0 Å². The first-order valence-electron chi connectivity index (χ1n) is 8.41. The molecule has 1 aromatic carbocycles. The van der Waals surface area contributed by atoms with Gasteiger partial charge in [-0.2, -0.15) is 0 Å². The molecule has 2 fully saturated rings. The van der Waals surface area contributed by atoms with Crippen molar-refractivity contribution in [3.05, 3.63) is 35.9 Å². The van der Waals surface area contributed by atoms with Crippen molar-refractivity contribution in [2.45, 2.75) is 44.6 Å². The third kappa shape index (κ3) is 3.83. The quantitative estimate of drug-likeness (QED) is 0.829. The molecule has 2 unspecified atom stereocenters. The molecule has 0 aliphatic carbocycles. The third-order valence-corrected chi connectivity index (χ3v) is 5.01. The predicted molar refractivity (Wildman–Crippen MR) is 85.0 cm³/mol. The SMILES string of the molecule is c1ccc(CCCCN2CCC3NCCCC3C2)cc1. The zero-order valence-corrected chi connectivity index (χ0v) is 12.6. The topological polar surface area (TPSA) is 15.3 Å². The van der Waals surface area contributed by atoms with Gasteiger partial charge in [0.25, 0.3) is 0 Å². The van der Waals surface area contributed by atoms with Gasteiger partial charge in [-0.15, -0.1) is 0 Å². The van der Waals surface area contributed by atoms with Crippen LogP contribution in [0.25, 0.3) is 0 Å². The van der Waals surface area contributed by atoms with Crippen LogP contribution in [-0.2, 0) is 6.42 Å².